The van der Waals surface area contributed by atoms with Crippen LogP contribution in [0.5, 0.6) is 0 Å². The maximum absolute atomic E-state index is 12.9. The topological polar surface area (TPSA) is 50.4 Å². The van der Waals surface area contributed by atoms with E-state index in [-0.39, 0.29) is 5.82 Å². The molecule has 0 fully saturated rings. The summed E-state index contributed by atoms with van der Waals surface area (Å²) in [5.74, 6) is 5.52. The second-order valence-electron chi connectivity index (χ2n) is 2.89. The van der Waals surface area contributed by atoms with Crippen molar-refractivity contribution in [2.75, 3.05) is 6.54 Å². The summed E-state index contributed by atoms with van der Waals surface area (Å²) < 4.78 is 12.9. The summed E-state index contributed by atoms with van der Waals surface area (Å²) in [6.45, 7) is 2.69. The second-order valence-corrected chi connectivity index (χ2v) is 2.89. The Kier molecular flexibility index (Phi) is 4.07. The van der Waals surface area contributed by atoms with Crippen LogP contribution in [0.1, 0.15) is 18.9 Å². The third-order valence-electron chi connectivity index (χ3n) is 1.73. The quantitative estimate of drug-likeness (QED) is 0.332. The van der Waals surface area contributed by atoms with Crippen LogP contribution >= 0.6 is 0 Å². The zero-order chi connectivity index (χ0) is 10.4. The van der Waals surface area contributed by atoms with Crippen LogP contribution in [0.2, 0.25) is 0 Å². The van der Waals surface area contributed by atoms with Crippen molar-refractivity contribution in [2.24, 2.45) is 10.8 Å². The molecular formula is C10H14FN3. The van der Waals surface area contributed by atoms with E-state index in [0.29, 0.717) is 17.9 Å². The number of aliphatic imine (C=N–C) groups is 1. The van der Waals surface area contributed by atoms with E-state index in [1.54, 1.807) is 12.1 Å². The van der Waals surface area contributed by atoms with Crippen LogP contribution in [0.25, 0.3) is 0 Å². The van der Waals surface area contributed by atoms with Gasteiger partial charge in [-0.05, 0) is 18.6 Å². The predicted octanol–water partition coefficient (Wildman–Crippen LogP) is 1.45. The van der Waals surface area contributed by atoms with Gasteiger partial charge in [0.1, 0.15) is 11.7 Å². The molecule has 0 aliphatic rings. The van der Waals surface area contributed by atoms with Crippen LogP contribution in [0.3, 0.4) is 0 Å². The van der Waals surface area contributed by atoms with Crippen LogP contribution in [0.4, 0.5) is 4.39 Å². The summed E-state index contributed by atoms with van der Waals surface area (Å²) >= 11 is 0. The van der Waals surface area contributed by atoms with Gasteiger partial charge in [0.05, 0.1) is 0 Å². The number of halogens is 1. The zero-order valence-corrected chi connectivity index (χ0v) is 8.13. The third kappa shape index (κ3) is 2.81. The van der Waals surface area contributed by atoms with Gasteiger partial charge in [-0.3, -0.25) is 4.99 Å². The standard InChI is InChI=1S/C10H14FN3/c1-2-6-13-10(14-12)8-4-3-5-9(11)7-8/h3-5,7H,2,6,12H2,1H3,(H,13,14). The molecule has 0 heterocycles. The number of benzene rings is 1. The lowest BCUT2D eigenvalue weighted by Gasteiger charge is -2.05. The normalized spacial score (nSPS) is 11.5. The Bertz CT molecular complexity index is 323. The zero-order valence-electron chi connectivity index (χ0n) is 8.13. The molecule has 0 aromatic heterocycles. The Balaban J connectivity index is 2.89. The van der Waals surface area contributed by atoms with Crippen LogP contribution in [-0.2, 0) is 0 Å². The molecule has 0 saturated heterocycles. The van der Waals surface area contributed by atoms with E-state index in [4.69, 9.17) is 5.84 Å². The van der Waals surface area contributed by atoms with Gasteiger partial charge in [-0.1, -0.05) is 19.1 Å². The van der Waals surface area contributed by atoms with Gasteiger partial charge >= 0.3 is 0 Å². The SMILES string of the molecule is CCCN=C(NN)c1cccc(F)c1. The van der Waals surface area contributed by atoms with E-state index in [1.165, 1.54) is 12.1 Å². The van der Waals surface area contributed by atoms with Crippen molar-refractivity contribution in [1.29, 1.82) is 0 Å². The lowest BCUT2D eigenvalue weighted by Crippen LogP contribution is -2.31. The maximum Gasteiger partial charge on any atom is 0.142 e. The molecular weight excluding hydrogens is 181 g/mol. The molecule has 0 aliphatic heterocycles. The van der Waals surface area contributed by atoms with E-state index >= 15 is 0 Å². The first-order chi connectivity index (χ1) is 6.77. The summed E-state index contributed by atoms with van der Waals surface area (Å²) in [5.41, 5.74) is 3.13. The molecule has 1 aromatic rings. The van der Waals surface area contributed by atoms with E-state index in [0.717, 1.165) is 6.42 Å². The van der Waals surface area contributed by atoms with Crippen molar-refractivity contribution in [2.45, 2.75) is 13.3 Å². The first kappa shape index (κ1) is 10.7. The summed E-state index contributed by atoms with van der Waals surface area (Å²) in [6.07, 6.45) is 0.931. The van der Waals surface area contributed by atoms with Crippen molar-refractivity contribution in [3.63, 3.8) is 0 Å². The number of amidine groups is 1. The van der Waals surface area contributed by atoms with Crippen LogP contribution in [0.15, 0.2) is 29.3 Å². The highest BCUT2D eigenvalue weighted by molar-refractivity contribution is 5.98. The molecule has 0 saturated carbocycles. The van der Waals surface area contributed by atoms with Crippen LogP contribution in [-0.4, -0.2) is 12.4 Å². The van der Waals surface area contributed by atoms with Crippen molar-refractivity contribution in [3.05, 3.63) is 35.6 Å². The van der Waals surface area contributed by atoms with E-state index in [2.05, 4.69) is 10.4 Å². The Labute approximate surface area is 82.8 Å². The largest absolute Gasteiger partial charge is 0.308 e. The Morgan fingerprint density at radius 2 is 2.36 bits per heavy atom. The number of nitrogens with two attached hydrogens (primary N) is 1. The van der Waals surface area contributed by atoms with Gasteiger partial charge in [-0.2, -0.15) is 0 Å². The second kappa shape index (κ2) is 5.34. The van der Waals surface area contributed by atoms with Gasteiger partial charge in [-0.25, -0.2) is 10.2 Å². The van der Waals surface area contributed by atoms with Gasteiger partial charge in [-0.15, -0.1) is 0 Å². The van der Waals surface area contributed by atoms with E-state index in [1.807, 2.05) is 6.92 Å². The Hall–Kier alpha value is -1.42. The fraction of sp³-hybridized carbons (Fsp3) is 0.300. The van der Waals surface area contributed by atoms with E-state index < -0.39 is 0 Å². The highest BCUT2D eigenvalue weighted by atomic mass is 19.1. The minimum atomic E-state index is -0.290. The Morgan fingerprint density at radius 1 is 1.57 bits per heavy atom. The molecule has 76 valence electrons. The maximum atomic E-state index is 12.9. The van der Waals surface area contributed by atoms with Gasteiger partial charge in [0, 0.05) is 12.1 Å². The lowest BCUT2D eigenvalue weighted by atomic mass is 10.2. The van der Waals surface area contributed by atoms with Crippen molar-refractivity contribution in [1.82, 2.24) is 5.43 Å². The molecule has 0 spiro atoms. The van der Waals surface area contributed by atoms with E-state index in [9.17, 15) is 4.39 Å². The fourth-order valence-electron chi connectivity index (χ4n) is 1.08. The molecule has 3 N–H and O–H groups in total. The van der Waals surface area contributed by atoms with Crippen molar-refractivity contribution < 1.29 is 4.39 Å². The molecule has 0 atom stereocenters. The summed E-state index contributed by atoms with van der Waals surface area (Å²) in [5, 5.41) is 0. The number of hydrogen-bond donors (Lipinski definition) is 2. The van der Waals surface area contributed by atoms with Crippen LogP contribution < -0.4 is 11.3 Å². The molecule has 3 nitrogen and oxygen atoms in total. The molecule has 0 aliphatic carbocycles. The molecule has 14 heavy (non-hydrogen) atoms. The number of rotatable bonds is 3. The molecule has 0 radical (unpaired) electrons. The molecule has 0 bridgehead atoms. The number of hydrogen-bond acceptors (Lipinski definition) is 2. The summed E-state index contributed by atoms with van der Waals surface area (Å²) in [7, 11) is 0. The highest BCUT2D eigenvalue weighted by Crippen LogP contribution is 2.03. The Morgan fingerprint density at radius 3 is 2.93 bits per heavy atom. The average molecular weight is 195 g/mol. The molecule has 1 aromatic carbocycles. The first-order valence-corrected chi connectivity index (χ1v) is 4.55. The minimum Gasteiger partial charge on any atom is -0.308 e. The van der Waals surface area contributed by atoms with Gasteiger partial charge in [0.15, 0.2) is 0 Å². The highest BCUT2D eigenvalue weighted by Gasteiger charge is 2.01. The number of nitrogens with zero attached hydrogens (tertiary/aromatic N) is 1. The van der Waals surface area contributed by atoms with Gasteiger partial charge in [0.2, 0.25) is 0 Å². The predicted molar refractivity (Wildman–Crippen MR) is 55.4 cm³/mol. The molecule has 0 unspecified atom stereocenters. The fourth-order valence-corrected chi connectivity index (χ4v) is 1.08. The summed E-state index contributed by atoms with van der Waals surface area (Å²) in [4.78, 5) is 4.19. The monoisotopic (exact) mass is 195 g/mol. The average Bonchev–Trinajstić information content (AvgIpc) is 2.19. The number of nitrogens with one attached hydrogen (secondary N) is 1. The third-order valence-corrected chi connectivity index (χ3v) is 1.73. The molecule has 0 amide bonds. The van der Waals surface area contributed by atoms with Crippen LogP contribution in [0, 0.1) is 5.82 Å². The van der Waals surface area contributed by atoms with Crippen molar-refractivity contribution in [3.8, 4) is 0 Å². The van der Waals surface area contributed by atoms with Gasteiger partial charge < -0.3 is 5.43 Å². The molecule has 1 rings (SSSR count). The lowest BCUT2D eigenvalue weighted by molar-refractivity contribution is 0.627. The van der Waals surface area contributed by atoms with Gasteiger partial charge in [0.25, 0.3) is 0 Å². The van der Waals surface area contributed by atoms with Crippen molar-refractivity contribution >= 4 is 5.84 Å². The summed E-state index contributed by atoms with van der Waals surface area (Å²) in [6, 6.07) is 6.17. The minimum absolute atomic E-state index is 0.290. The first-order valence-electron chi connectivity index (χ1n) is 4.55. The number of hydrazine groups is 1. The molecule has 4 heteroatoms. The smallest absolute Gasteiger partial charge is 0.142 e.